The van der Waals surface area contributed by atoms with Crippen LogP contribution in [0.25, 0.3) is 0 Å². The monoisotopic (exact) mass is 304 g/mol. The molecule has 1 aromatic rings. The first kappa shape index (κ1) is 13.9. The van der Waals surface area contributed by atoms with E-state index in [9.17, 15) is 9.18 Å². The van der Waals surface area contributed by atoms with Gasteiger partial charge >= 0.3 is 5.97 Å². The van der Waals surface area contributed by atoms with E-state index in [1.54, 1.807) is 0 Å². The Labute approximate surface area is 108 Å². The highest BCUT2D eigenvalue weighted by atomic mass is 79.9. The van der Waals surface area contributed by atoms with E-state index in [0.717, 1.165) is 6.07 Å². The first-order chi connectivity index (χ1) is 7.91. The van der Waals surface area contributed by atoms with Crippen molar-refractivity contribution in [1.29, 1.82) is 0 Å². The molecule has 0 unspecified atom stereocenters. The van der Waals surface area contributed by atoms with Crippen molar-refractivity contribution in [3.8, 4) is 0 Å². The van der Waals surface area contributed by atoms with Gasteiger partial charge in [0, 0.05) is 11.0 Å². The lowest BCUT2D eigenvalue weighted by atomic mass is 10.2. The van der Waals surface area contributed by atoms with Gasteiger partial charge in [0.2, 0.25) is 0 Å². The number of anilines is 1. The third-order valence-electron chi connectivity index (χ3n) is 2.08. The van der Waals surface area contributed by atoms with Crippen LogP contribution in [-0.4, -0.2) is 38.1 Å². The average molecular weight is 305 g/mol. The second-order valence-corrected chi connectivity index (χ2v) is 4.65. The molecule has 0 radical (unpaired) electrons. The molecule has 0 atom stereocenters. The van der Waals surface area contributed by atoms with Crippen molar-refractivity contribution in [3.63, 3.8) is 0 Å². The number of benzene rings is 1. The van der Waals surface area contributed by atoms with Gasteiger partial charge < -0.3 is 15.4 Å². The Morgan fingerprint density at radius 1 is 1.53 bits per heavy atom. The molecule has 0 aliphatic rings. The highest BCUT2D eigenvalue weighted by molar-refractivity contribution is 9.10. The van der Waals surface area contributed by atoms with E-state index in [1.807, 2.05) is 19.0 Å². The molecule has 2 N–H and O–H groups in total. The summed E-state index contributed by atoms with van der Waals surface area (Å²) in [5, 5.41) is 0. The lowest BCUT2D eigenvalue weighted by Gasteiger charge is -2.11. The Morgan fingerprint density at radius 3 is 2.76 bits per heavy atom. The molecule has 0 saturated heterocycles. The van der Waals surface area contributed by atoms with E-state index in [4.69, 9.17) is 10.5 Å². The van der Waals surface area contributed by atoms with Crippen LogP contribution in [0.4, 0.5) is 10.1 Å². The predicted molar refractivity (Wildman–Crippen MR) is 67.3 cm³/mol. The van der Waals surface area contributed by atoms with Gasteiger partial charge in [-0.3, -0.25) is 0 Å². The largest absolute Gasteiger partial charge is 0.461 e. The maximum absolute atomic E-state index is 13.1. The van der Waals surface area contributed by atoms with Gasteiger partial charge in [-0.15, -0.1) is 0 Å². The third kappa shape index (κ3) is 3.98. The molecule has 6 heteroatoms. The fourth-order valence-corrected chi connectivity index (χ4v) is 1.60. The minimum atomic E-state index is -0.568. The van der Waals surface area contributed by atoms with E-state index >= 15 is 0 Å². The van der Waals surface area contributed by atoms with Crippen molar-refractivity contribution in [2.45, 2.75) is 0 Å². The molecule has 0 fully saturated rings. The van der Waals surface area contributed by atoms with Gasteiger partial charge in [-0.1, -0.05) is 0 Å². The van der Waals surface area contributed by atoms with Crippen molar-refractivity contribution in [1.82, 2.24) is 4.90 Å². The minimum Gasteiger partial charge on any atom is -0.461 e. The van der Waals surface area contributed by atoms with Crippen LogP contribution in [0.3, 0.4) is 0 Å². The Bertz CT molecular complexity index is 424. The highest BCUT2D eigenvalue weighted by Crippen LogP contribution is 2.23. The van der Waals surface area contributed by atoms with E-state index < -0.39 is 11.8 Å². The van der Waals surface area contributed by atoms with Crippen LogP contribution in [0.1, 0.15) is 10.4 Å². The molecule has 0 aliphatic carbocycles. The summed E-state index contributed by atoms with van der Waals surface area (Å²) in [6, 6.07) is 2.41. The van der Waals surface area contributed by atoms with Crippen LogP contribution in [0.15, 0.2) is 16.6 Å². The summed E-state index contributed by atoms with van der Waals surface area (Å²) < 4.78 is 18.4. The lowest BCUT2D eigenvalue weighted by Crippen LogP contribution is -2.20. The highest BCUT2D eigenvalue weighted by Gasteiger charge is 2.14. The van der Waals surface area contributed by atoms with Gasteiger partial charge in [0.05, 0.1) is 11.3 Å². The van der Waals surface area contributed by atoms with Gasteiger partial charge in [-0.2, -0.15) is 0 Å². The number of nitrogen functional groups attached to an aromatic ring is 1. The van der Waals surface area contributed by atoms with Crippen molar-refractivity contribution >= 4 is 27.6 Å². The van der Waals surface area contributed by atoms with Crippen molar-refractivity contribution in [2.75, 3.05) is 33.0 Å². The number of nitrogens with zero attached hydrogens (tertiary/aromatic N) is 1. The summed E-state index contributed by atoms with van der Waals surface area (Å²) in [4.78, 5) is 13.6. The molecule has 4 nitrogen and oxygen atoms in total. The van der Waals surface area contributed by atoms with Crippen LogP contribution in [-0.2, 0) is 4.74 Å². The van der Waals surface area contributed by atoms with E-state index in [-0.39, 0.29) is 17.9 Å². The Balaban J connectivity index is 2.72. The van der Waals surface area contributed by atoms with E-state index in [1.165, 1.54) is 6.07 Å². The van der Waals surface area contributed by atoms with Crippen LogP contribution >= 0.6 is 15.9 Å². The molecule has 0 saturated carbocycles. The molecule has 0 bridgehead atoms. The average Bonchev–Trinajstić information content (AvgIpc) is 2.22. The number of halogens is 2. The summed E-state index contributed by atoms with van der Waals surface area (Å²) >= 11 is 3.10. The fraction of sp³-hybridized carbons (Fsp3) is 0.364. The number of carbonyl (C=O) groups is 1. The maximum Gasteiger partial charge on any atom is 0.339 e. The topological polar surface area (TPSA) is 55.6 Å². The molecular weight excluding hydrogens is 291 g/mol. The van der Waals surface area contributed by atoms with Crippen LogP contribution in [0, 0.1) is 5.82 Å². The van der Waals surface area contributed by atoms with Gasteiger partial charge in [0.15, 0.2) is 0 Å². The second-order valence-electron chi connectivity index (χ2n) is 3.79. The maximum atomic E-state index is 13.1. The van der Waals surface area contributed by atoms with Gasteiger partial charge in [-0.25, -0.2) is 9.18 Å². The smallest absolute Gasteiger partial charge is 0.339 e. The number of esters is 1. The summed E-state index contributed by atoms with van der Waals surface area (Å²) in [6.45, 7) is 0.898. The van der Waals surface area contributed by atoms with Crippen molar-refractivity contribution < 1.29 is 13.9 Å². The van der Waals surface area contributed by atoms with Gasteiger partial charge in [0.25, 0.3) is 0 Å². The summed E-state index contributed by atoms with van der Waals surface area (Å²) in [5.74, 6) is -1.09. The van der Waals surface area contributed by atoms with Crippen molar-refractivity contribution in [2.24, 2.45) is 0 Å². The molecule has 1 rings (SSSR count). The summed E-state index contributed by atoms with van der Waals surface area (Å²) in [5.41, 5.74) is 5.54. The lowest BCUT2D eigenvalue weighted by molar-refractivity contribution is 0.0481. The van der Waals surface area contributed by atoms with Crippen LogP contribution in [0.2, 0.25) is 0 Å². The number of rotatable bonds is 4. The first-order valence-electron chi connectivity index (χ1n) is 4.98. The third-order valence-corrected chi connectivity index (χ3v) is 2.73. The second kappa shape index (κ2) is 5.97. The molecule has 0 aliphatic heterocycles. The number of hydrogen-bond acceptors (Lipinski definition) is 4. The summed E-state index contributed by atoms with van der Waals surface area (Å²) in [6.07, 6.45) is 0. The predicted octanol–water partition coefficient (Wildman–Crippen LogP) is 1.89. The SMILES string of the molecule is CN(C)CCOC(=O)c1cc(N)c(F)cc1Br. The Morgan fingerprint density at radius 2 is 2.18 bits per heavy atom. The molecule has 94 valence electrons. The molecule has 0 amide bonds. The van der Waals surface area contributed by atoms with E-state index in [0.29, 0.717) is 11.0 Å². The zero-order valence-electron chi connectivity index (χ0n) is 9.67. The molecule has 0 spiro atoms. The summed E-state index contributed by atoms with van der Waals surface area (Å²) in [7, 11) is 3.75. The number of nitrogens with two attached hydrogens (primary N) is 1. The standard InChI is InChI=1S/C11H14BrFN2O2/c1-15(2)3-4-17-11(16)7-5-10(14)9(13)6-8(7)12/h5-6H,3-4,14H2,1-2H3. The number of hydrogen-bond donors (Lipinski definition) is 1. The molecule has 17 heavy (non-hydrogen) atoms. The van der Waals surface area contributed by atoms with Crippen LogP contribution in [0.5, 0.6) is 0 Å². The Hall–Kier alpha value is -1.14. The fourth-order valence-electron chi connectivity index (χ4n) is 1.12. The van der Waals surface area contributed by atoms with Gasteiger partial charge in [-0.05, 0) is 42.2 Å². The normalized spacial score (nSPS) is 10.6. The number of ether oxygens (including phenoxy) is 1. The zero-order valence-corrected chi connectivity index (χ0v) is 11.3. The number of likely N-dealkylation sites (N-methyl/N-ethyl adjacent to an activating group) is 1. The van der Waals surface area contributed by atoms with E-state index in [2.05, 4.69) is 15.9 Å². The molecular formula is C11H14BrFN2O2. The molecule has 0 aromatic heterocycles. The molecule has 1 aromatic carbocycles. The van der Waals surface area contributed by atoms with Crippen LogP contribution < -0.4 is 5.73 Å². The zero-order chi connectivity index (χ0) is 13.0. The Kier molecular flexibility index (Phi) is 4.89. The number of carbonyl (C=O) groups excluding carboxylic acids is 1. The quantitative estimate of drug-likeness (QED) is 0.682. The minimum absolute atomic E-state index is 0.0761. The van der Waals surface area contributed by atoms with Gasteiger partial charge in [0.1, 0.15) is 12.4 Å². The first-order valence-corrected chi connectivity index (χ1v) is 5.77. The van der Waals surface area contributed by atoms with Crippen molar-refractivity contribution in [3.05, 3.63) is 28.0 Å². The molecule has 0 heterocycles.